The van der Waals surface area contributed by atoms with Crippen LogP contribution in [0.3, 0.4) is 0 Å². The van der Waals surface area contributed by atoms with Gasteiger partial charge in [0.1, 0.15) is 0 Å². The molecule has 0 aliphatic heterocycles. The lowest BCUT2D eigenvalue weighted by Gasteiger charge is -1.99. The minimum atomic E-state index is -3.91. The zero-order chi connectivity index (χ0) is 17.2. The van der Waals surface area contributed by atoms with Crippen LogP contribution in [-0.2, 0) is 16.7 Å². The predicted molar refractivity (Wildman–Crippen MR) is 94.3 cm³/mol. The van der Waals surface area contributed by atoms with Gasteiger partial charge in [-0.1, -0.05) is 30.3 Å². The van der Waals surface area contributed by atoms with Gasteiger partial charge < -0.3 is 4.42 Å². The summed E-state index contributed by atoms with van der Waals surface area (Å²) < 4.78 is 38.6. The van der Waals surface area contributed by atoms with Gasteiger partial charge >= 0.3 is 5.89 Å². The summed E-state index contributed by atoms with van der Waals surface area (Å²) in [6.07, 6.45) is 4.84. The number of oxazole rings is 1. The van der Waals surface area contributed by atoms with E-state index < -0.39 is 10.1 Å². The smallest absolute Gasteiger partial charge is 0.373 e. The number of allylic oxidation sites excluding steroid dienone is 1. The molecule has 0 unspecified atom stereocenters. The molecule has 0 amide bonds. The first-order valence-electron chi connectivity index (χ1n) is 7.91. The monoisotopic (exact) mass is 346 g/mol. The van der Waals surface area contributed by atoms with Gasteiger partial charge in [0.05, 0.1) is 11.1 Å². The Hall–Kier alpha value is -2.18. The highest BCUT2D eigenvalue weighted by molar-refractivity contribution is 7.85. The van der Waals surface area contributed by atoms with Crippen molar-refractivity contribution in [1.82, 2.24) is 0 Å². The number of aryl methyl sites for hydroxylation is 1. The van der Waals surface area contributed by atoms with E-state index in [-0.39, 0.29) is 5.75 Å². The zero-order valence-corrected chi connectivity index (χ0v) is 14.3. The summed E-state index contributed by atoms with van der Waals surface area (Å²) in [5.74, 6) is 0.513. The topological polar surface area (TPSA) is 71.4 Å². The lowest BCUT2D eigenvalue weighted by Crippen LogP contribution is -2.35. The fraction of sp³-hybridized carbons (Fsp3) is 0.278. The Bertz CT molecular complexity index is 1000. The third kappa shape index (κ3) is 3.49. The van der Waals surface area contributed by atoms with Crippen molar-refractivity contribution in [3.63, 3.8) is 0 Å². The van der Waals surface area contributed by atoms with E-state index in [2.05, 4.69) is 16.7 Å². The molecule has 5 nitrogen and oxygen atoms in total. The average Bonchev–Trinajstić information content (AvgIpc) is 2.89. The van der Waals surface area contributed by atoms with Crippen LogP contribution in [0.15, 0.2) is 46.9 Å². The molecule has 3 rings (SSSR count). The van der Waals surface area contributed by atoms with Gasteiger partial charge in [0.25, 0.3) is 15.6 Å². The largest absolute Gasteiger partial charge is 0.398 e. The summed E-state index contributed by atoms with van der Waals surface area (Å²) in [7, 11) is -3.91. The second-order valence-electron chi connectivity index (χ2n) is 5.72. The zero-order valence-electron chi connectivity index (χ0n) is 13.5. The molecular weight excluding hydrogens is 326 g/mol. The maximum Gasteiger partial charge on any atom is 0.373 e. The quantitative estimate of drug-likeness (QED) is 0.421. The molecular formula is C18H20NO4S+. The van der Waals surface area contributed by atoms with Crippen LogP contribution in [0.2, 0.25) is 0 Å². The molecule has 0 bridgehead atoms. The Balaban J connectivity index is 2.02. The van der Waals surface area contributed by atoms with E-state index in [4.69, 9.17) is 8.97 Å². The molecule has 1 N–H and O–H groups in total. The van der Waals surface area contributed by atoms with Crippen LogP contribution in [0, 0.1) is 0 Å². The molecule has 0 radical (unpaired) electrons. The third-order valence-electron chi connectivity index (χ3n) is 3.96. The van der Waals surface area contributed by atoms with Gasteiger partial charge in [0.2, 0.25) is 5.58 Å². The molecule has 0 saturated carbocycles. The number of rotatable bonds is 6. The van der Waals surface area contributed by atoms with Crippen molar-refractivity contribution < 1.29 is 22.0 Å². The van der Waals surface area contributed by atoms with Gasteiger partial charge in [-0.25, -0.2) is 0 Å². The van der Waals surface area contributed by atoms with Gasteiger partial charge in [-0.15, -0.1) is 0 Å². The number of benzene rings is 2. The summed E-state index contributed by atoms with van der Waals surface area (Å²) in [4.78, 5) is 0. The lowest BCUT2D eigenvalue weighted by molar-refractivity contribution is -0.677. The summed E-state index contributed by atoms with van der Waals surface area (Å²) in [5.41, 5.74) is 1.81. The minimum Gasteiger partial charge on any atom is -0.398 e. The second-order valence-corrected chi connectivity index (χ2v) is 7.29. The molecule has 3 aromatic rings. The standard InChI is InChI=1S/C18H19NO4S/c1-2-7-17-19(12-5-6-13-24(20,21)22)18-15-9-4-3-8-14(15)10-11-16(18)23-17/h2-4,7-11H,5-6,12-13H2,1H3/p+1. The molecule has 2 aromatic carbocycles. The normalized spacial score (nSPS) is 12.6. The SMILES string of the molecule is CC=Cc1oc2ccc3ccccc3c2[n+]1CCCCS(=O)(=O)O. The van der Waals surface area contributed by atoms with Crippen LogP contribution < -0.4 is 4.57 Å². The van der Waals surface area contributed by atoms with Crippen molar-refractivity contribution >= 4 is 38.1 Å². The van der Waals surface area contributed by atoms with E-state index in [1.807, 2.05) is 43.3 Å². The highest BCUT2D eigenvalue weighted by Gasteiger charge is 2.22. The number of nitrogens with zero attached hydrogens (tertiary/aromatic N) is 1. The van der Waals surface area contributed by atoms with Crippen LogP contribution in [0.4, 0.5) is 0 Å². The van der Waals surface area contributed by atoms with E-state index in [1.54, 1.807) is 0 Å². The molecule has 0 aliphatic carbocycles. The highest BCUT2D eigenvalue weighted by Crippen LogP contribution is 2.25. The van der Waals surface area contributed by atoms with E-state index in [0.717, 1.165) is 27.8 Å². The summed E-state index contributed by atoms with van der Waals surface area (Å²) in [5, 5.41) is 2.23. The summed E-state index contributed by atoms with van der Waals surface area (Å²) in [6.45, 7) is 2.55. The molecule has 0 spiro atoms. The Morgan fingerprint density at radius 2 is 1.96 bits per heavy atom. The fourth-order valence-corrected chi connectivity index (χ4v) is 3.49. The van der Waals surface area contributed by atoms with E-state index >= 15 is 0 Å². The maximum atomic E-state index is 10.9. The van der Waals surface area contributed by atoms with Crippen LogP contribution >= 0.6 is 0 Å². The van der Waals surface area contributed by atoms with Gasteiger partial charge in [-0.3, -0.25) is 4.55 Å². The van der Waals surface area contributed by atoms with Gasteiger partial charge in [0.15, 0.2) is 6.54 Å². The van der Waals surface area contributed by atoms with Gasteiger partial charge in [-0.2, -0.15) is 13.0 Å². The molecule has 0 aliphatic rings. The van der Waals surface area contributed by atoms with Gasteiger partial charge in [-0.05, 0) is 30.9 Å². The molecule has 6 heteroatoms. The number of hydrogen-bond acceptors (Lipinski definition) is 3. The first kappa shape index (κ1) is 16.7. The van der Waals surface area contributed by atoms with Crippen molar-refractivity contribution in [2.24, 2.45) is 0 Å². The second kappa shape index (κ2) is 6.75. The van der Waals surface area contributed by atoms with Crippen molar-refractivity contribution in [3.05, 3.63) is 48.4 Å². The first-order chi connectivity index (χ1) is 11.5. The Labute approximate surface area is 141 Å². The fourth-order valence-electron chi connectivity index (χ4n) is 2.92. The molecule has 0 saturated heterocycles. The Morgan fingerprint density at radius 1 is 1.17 bits per heavy atom. The van der Waals surface area contributed by atoms with Crippen LogP contribution in [0.25, 0.3) is 27.9 Å². The molecule has 1 heterocycles. The lowest BCUT2D eigenvalue weighted by atomic mass is 10.1. The molecule has 0 atom stereocenters. The van der Waals surface area contributed by atoms with Crippen LogP contribution in [0.5, 0.6) is 0 Å². The number of hydrogen-bond donors (Lipinski definition) is 1. The Morgan fingerprint density at radius 3 is 2.71 bits per heavy atom. The minimum absolute atomic E-state index is 0.219. The van der Waals surface area contributed by atoms with Crippen molar-refractivity contribution in [2.45, 2.75) is 26.3 Å². The van der Waals surface area contributed by atoms with Crippen molar-refractivity contribution in [2.75, 3.05) is 5.75 Å². The third-order valence-corrected chi connectivity index (χ3v) is 4.76. The molecule has 1 aromatic heterocycles. The average molecular weight is 346 g/mol. The van der Waals surface area contributed by atoms with Crippen molar-refractivity contribution in [3.8, 4) is 0 Å². The summed E-state index contributed by atoms with van der Waals surface area (Å²) in [6, 6.07) is 12.1. The highest BCUT2D eigenvalue weighted by atomic mass is 32.2. The van der Waals surface area contributed by atoms with Crippen LogP contribution in [0.1, 0.15) is 25.7 Å². The number of fused-ring (bicyclic) bond motifs is 3. The number of unbranched alkanes of at least 4 members (excludes halogenated alkanes) is 1. The van der Waals surface area contributed by atoms with Gasteiger partial charge in [0, 0.05) is 12.5 Å². The molecule has 0 fully saturated rings. The summed E-state index contributed by atoms with van der Waals surface area (Å²) >= 11 is 0. The number of aromatic nitrogens is 1. The van der Waals surface area contributed by atoms with E-state index in [1.165, 1.54) is 0 Å². The Kier molecular flexibility index (Phi) is 4.69. The van der Waals surface area contributed by atoms with E-state index in [9.17, 15) is 8.42 Å². The van der Waals surface area contributed by atoms with Crippen molar-refractivity contribution in [1.29, 1.82) is 0 Å². The van der Waals surface area contributed by atoms with Crippen LogP contribution in [-0.4, -0.2) is 18.7 Å². The predicted octanol–water partition coefficient (Wildman–Crippen LogP) is 3.57. The maximum absolute atomic E-state index is 10.9. The molecule has 24 heavy (non-hydrogen) atoms. The van der Waals surface area contributed by atoms with E-state index in [0.29, 0.717) is 19.4 Å². The first-order valence-corrected chi connectivity index (χ1v) is 9.52. The molecule has 126 valence electrons.